The summed E-state index contributed by atoms with van der Waals surface area (Å²) in [6.07, 6.45) is -0.922. The van der Waals surface area contributed by atoms with Gasteiger partial charge in [-0.05, 0) is 35.0 Å². The van der Waals surface area contributed by atoms with Crippen molar-refractivity contribution in [3.63, 3.8) is 0 Å². The summed E-state index contributed by atoms with van der Waals surface area (Å²) in [6.45, 7) is 0. The number of nitrogens with zero attached hydrogens (tertiary/aromatic N) is 2. The van der Waals surface area contributed by atoms with Gasteiger partial charge in [0.2, 0.25) is 12.0 Å². The van der Waals surface area contributed by atoms with Gasteiger partial charge in [0.1, 0.15) is 11.6 Å². The first-order valence-corrected chi connectivity index (χ1v) is 8.87. The minimum atomic E-state index is -0.922. The van der Waals surface area contributed by atoms with Crippen molar-refractivity contribution in [3.05, 3.63) is 77.3 Å². The number of rotatable bonds is 2. The van der Waals surface area contributed by atoms with E-state index >= 15 is 0 Å². The van der Waals surface area contributed by atoms with Crippen LogP contribution in [0.15, 0.2) is 71.9 Å². The van der Waals surface area contributed by atoms with Crippen LogP contribution in [0.5, 0.6) is 0 Å². The Morgan fingerprint density at radius 3 is 2.41 bits per heavy atom. The first-order chi connectivity index (χ1) is 13.1. The van der Waals surface area contributed by atoms with Gasteiger partial charge in [-0.2, -0.15) is 0 Å². The lowest BCUT2D eigenvalue weighted by atomic mass is 9.94. The van der Waals surface area contributed by atoms with Crippen LogP contribution in [0, 0.1) is 5.92 Å². The molecule has 2 aliphatic rings. The Labute approximate surface area is 159 Å². The summed E-state index contributed by atoms with van der Waals surface area (Å²) in [6, 6.07) is 20.3. The molecule has 3 aromatic carbocycles. The second-order valence-electron chi connectivity index (χ2n) is 6.53. The molecule has 0 bridgehead atoms. The first kappa shape index (κ1) is 16.0. The van der Waals surface area contributed by atoms with Gasteiger partial charge in [0, 0.05) is 10.6 Å². The van der Waals surface area contributed by atoms with Crippen molar-refractivity contribution in [1.82, 2.24) is 0 Å². The summed E-state index contributed by atoms with van der Waals surface area (Å²) in [5.41, 5.74) is 1.71. The lowest BCUT2D eigenvalue weighted by molar-refractivity contribution is -0.126. The quantitative estimate of drug-likeness (QED) is 0.639. The number of amides is 2. The predicted molar refractivity (Wildman–Crippen MR) is 103 cm³/mol. The number of oxime groups is 1. The zero-order valence-electron chi connectivity index (χ0n) is 14.0. The van der Waals surface area contributed by atoms with E-state index in [1.54, 1.807) is 30.3 Å². The van der Waals surface area contributed by atoms with Gasteiger partial charge in [-0.1, -0.05) is 59.2 Å². The van der Waals surface area contributed by atoms with Gasteiger partial charge in [-0.15, -0.1) is 0 Å². The molecule has 0 radical (unpaired) electrons. The molecule has 0 N–H and O–H groups in total. The maximum absolute atomic E-state index is 13.1. The Bertz CT molecular complexity index is 1120. The number of carbonyl (C=O) groups is 2. The predicted octanol–water partition coefficient (Wildman–Crippen LogP) is 3.79. The monoisotopic (exact) mass is 376 g/mol. The average molecular weight is 377 g/mol. The second-order valence-corrected chi connectivity index (χ2v) is 6.97. The number of benzene rings is 3. The lowest BCUT2D eigenvalue weighted by Crippen LogP contribution is -2.33. The van der Waals surface area contributed by atoms with Crippen LogP contribution in [0.2, 0.25) is 5.02 Å². The van der Waals surface area contributed by atoms with Gasteiger partial charge in [0.15, 0.2) is 0 Å². The van der Waals surface area contributed by atoms with E-state index in [-0.39, 0.29) is 5.91 Å². The van der Waals surface area contributed by atoms with Crippen LogP contribution >= 0.6 is 11.6 Å². The molecule has 5 nitrogen and oxygen atoms in total. The Balaban J connectivity index is 1.53. The third-order valence-corrected chi connectivity index (χ3v) is 5.20. The highest BCUT2D eigenvalue weighted by Crippen LogP contribution is 2.36. The van der Waals surface area contributed by atoms with E-state index in [4.69, 9.17) is 16.4 Å². The standard InChI is InChI=1S/C21H13ClN2O3/c22-15-8-5-13(6-9-15)18-17-19(27-23-18)21(26)24(20(17)25)16-10-7-12-3-1-2-4-14(12)11-16/h1-11,17,19H/t17-,19-/m1/s1. The van der Waals surface area contributed by atoms with Crippen molar-refractivity contribution >= 4 is 45.6 Å². The van der Waals surface area contributed by atoms with Gasteiger partial charge in [-0.25, -0.2) is 4.90 Å². The molecule has 0 spiro atoms. The summed E-state index contributed by atoms with van der Waals surface area (Å²) in [4.78, 5) is 32.5. The maximum Gasteiger partial charge on any atom is 0.278 e. The van der Waals surface area contributed by atoms with E-state index in [2.05, 4.69) is 5.16 Å². The van der Waals surface area contributed by atoms with Gasteiger partial charge in [0.25, 0.3) is 5.91 Å². The maximum atomic E-state index is 13.1. The normalized spacial score (nSPS) is 21.4. The zero-order chi connectivity index (χ0) is 18.5. The topological polar surface area (TPSA) is 59.0 Å². The van der Waals surface area contributed by atoms with E-state index in [0.29, 0.717) is 22.0 Å². The van der Waals surface area contributed by atoms with Crippen LogP contribution in [0.3, 0.4) is 0 Å². The zero-order valence-corrected chi connectivity index (χ0v) is 14.8. The number of halogens is 1. The number of carbonyl (C=O) groups excluding carboxylic acids is 2. The number of imide groups is 1. The molecule has 1 saturated heterocycles. The summed E-state index contributed by atoms with van der Waals surface area (Å²) in [5.74, 6) is -1.47. The minimum Gasteiger partial charge on any atom is -0.381 e. The van der Waals surface area contributed by atoms with Crippen molar-refractivity contribution in [2.45, 2.75) is 6.10 Å². The highest BCUT2D eigenvalue weighted by molar-refractivity contribution is 6.33. The molecule has 6 heteroatoms. The van der Waals surface area contributed by atoms with Crippen LogP contribution < -0.4 is 4.90 Å². The van der Waals surface area contributed by atoms with Crippen LogP contribution in [-0.2, 0) is 14.4 Å². The van der Waals surface area contributed by atoms with Gasteiger partial charge >= 0.3 is 0 Å². The lowest BCUT2D eigenvalue weighted by Gasteiger charge is -2.16. The molecule has 0 aliphatic carbocycles. The van der Waals surface area contributed by atoms with E-state index in [1.807, 2.05) is 36.4 Å². The van der Waals surface area contributed by atoms with Gasteiger partial charge < -0.3 is 4.84 Å². The van der Waals surface area contributed by atoms with E-state index in [9.17, 15) is 9.59 Å². The average Bonchev–Trinajstić information content (AvgIpc) is 3.23. The third-order valence-electron chi connectivity index (χ3n) is 4.94. The Kier molecular flexibility index (Phi) is 3.52. The Morgan fingerprint density at radius 1 is 0.889 bits per heavy atom. The molecule has 1 fully saturated rings. The van der Waals surface area contributed by atoms with Crippen LogP contribution in [-0.4, -0.2) is 23.6 Å². The summed E-state index contributed by atoms with van der Waals surface area (Å²) in [7, 11) is 0. The Morgan fingerprint density at radius 2 is 1.63 bits per heavy atom. The van der Waals surface area contributed by atoms with Crippen molar-refractivity contribution < 1.29 is 14.4 Å². The second kappa shape index (κ2) is 5.93. The minimum absolute atomic E-state index is 0.327. The largest absolute Gasteiger partial charge is 0.381 e. The van der Waals surface area contributed by atoms with Crippen molar-refractivity contribution in [3.8, 4) is 0 Å². The number of fused-ring (bicyclic) bond motifs is 2. The van der Waals surface area contributed by atoms with Crippen LogP contribution in [0.1, 0.15) is 5.56 Å². The number of anilines is 1. The fourth-order valence-electron chi connectivity index (χ4n) is 3.61. The molecule has 27 heavy (non-hydrogen) atoms. The molecule has 5 rings (SSSR count). The molecule has 2 heterocycles. The fraction of sp³-hybridized carbons (Fsp3) is 0.0952. The van der Waals surface area contributed by atoms with Crippen molar-refractivity contribution in [1.29, 1.82) is 0 Å². The SMILES string of the molecule is O=C1[C@@H]2C(c3ccc(Cl)cc3)=NO[C@H]2C(=O)N1c1ccc2ccccc2c1. The molecule has 2 atom stereocenters. The highest BCUT2D eigenvalue weighted by Gasteiger charge is 2.56. The summed E-state index contributed by atoms with van der Waals surface area (Å²) < 4.78 is 0. The molecule has 0 unspecified atom stereocenters. The highest BCUT2D eigenvalue weighted by atomic mass is 35.5. The molecule has 0 saturated carbocycles. The molecule has 0 aromatic heterocycles. The molecular weight excluding hydrogens is 364 g/mol. The van der Waals surface area contributed by atoms with Crippen LogP contribution in [0.25, 0.3) is 10.8 Å². The van der Waals surface area contributed by atoms with Crippen LogP contribution in [0.4, 0.5) is 5.69 Å². The van der Waals surface area contributed by atoms with Crippen molar-refractivity contribution in [2.24, 2.45) is 11.1 Å². The summed E-state index contributed by atoms with van der Waals surface area (Å²) >= 11 is 5.93. The number of hydrogen-bond acceptors (Lipinski definition) is 4. The fourth-order valence-corrected chi connectivity index (χ4v) is 3.73. The molecule has 2 amide bonds. The molecule has 3 aromatic rings. The molecular formula is C21H13ClN2O3. The Hall–Kier alpha value is -3.18. The van der Waals surface area contributed by atoms with E-state index < -0.39 is 17.9 Å². The van der Waals surface area contributed by atoms with E-state index in [1.165, 1.54) is 4.90 Å². The molecule has 2 aliphatic heterocycles. The number of hydrogen-bond donors (Lipinski definition) is 0. The first-order valence-electron chi connectivity index (χ1n) is 8.50. The van der Waals surface area contributed by atoms with Gasteiger partial charge in [0.05, 0.1) is 5.69 Å². The van der Waals surface area contributed by atoms with Crippen molar-refractivity contribution in [2.75, 3.05) is 4.90 Å². The van der Waals surface area contributed by atoms with E-state index in [0.717, 1.165) is 10.8 Å². The summed E-state index contributed by atoms with van der Waals surface area (Å²) in [5, 5.41) is 6.59. The third kappa shape index (κ3) is 2.43. The molecule has 132 valence electrons. The smallest absolute Gasteiger partial charge is 0.278 e. The van der Waals surface area contributed by atoms with Gasteiger partial charge in [-0.3, -0.25) is 9.59 Å².